The Labute approximate surface area is 165 Å². The van der Waals surface area contributed by atoms with Gasteiger partial charge in [0.25, 0.3) is 0 Å². The molecule has 28 heavy (non-hydrogen) atoms. The lowest BCUT2D eigenvalue weighted by Gasteiger charge is -2.17. The molecule has 0 saturated heterocycles. The smallest absolute Gasteiger partial charge is 0.264 e. The van der Waals surface area contributed by atoms with Crippen molar-refractivity contribution in [2.24, 2.45) is 4.36 Å². The monoisotopic (exact) mass is 425 g/mol. The summed E-state index contributed by atoms with van der Waals surface area (Å²) in [6.45, 7) is 3.56. The van der Waals surface area contributed by atoms with Crippen LogP contribution in [0.2, 0.25) is 0 Å². The molecule has 1 aromatic carbocycles. The first-order valence-electron chi connectivity index (χ1n) is 8.34. The van der Waals surface area contributed by atoms with Crippen LogP contribution < -0.4 is 0 Å². The van der Waals surface area contributed by atoms with E-state index in [1.165, 1.54) is 24.6 Å². The van der Waals surface area contributed by atoms with E-state index < -0.39 is 26.7 Å². The Hall–Kier alpha value is -2.26. The maximum atomic E-state index is 13.6. The summed E-state index contributed by atoms with van der Waals surface area (Å²) in [6.07, 6.45) is -2.48. The van der Waals surface area contributed by atoms with Crippen molar-refractivity contribution in [3.05, 3.63) is 64.8 Å². The number of halogens is 3. The molecule has 0 spiro atoms. The summed E-state index contributed by atoms with van der Waals surface area (Å²) < 4.78 is 56.9. The van der Waals surface area contributed by atoms with E-state index in [0.29, 0.717) is 5.69 Å². The third kappa shape index (κ3) is 3.95. The van der Waals surface area contributed by atoms with Gasteiger partial charge in [0.05, 0.1) is 16.5 Å². The van der Waals surface area contributed by atoms with Gasteiger partial charge in [-0.3, -0.25) is 4.98 Å². The molecular formula is C19H18F3N3OS2. The van der Waals surface area contributed by atoms with Gasteiger partial charge in [-0.05, 0) is 25.5 Å². The van der Waals surface area contributed by atoms with Crippen LogP contribution in [0.15, 0.2) is 56.8 Å². The van der Waals surface area contributed by atoms with Gasteiger partial charge in [-0.2, -0.15) is 13.2 Å². The van der Waals surface area contributed by atoms with Crippen LogP contribution in [0, 0.1) is 6.92 Å². The molecule has 3 rings (SSSR count). The highest BCUT2D eigenvalue weighted by Crippen LogP contribution is 2.36. The molecule has 4 nitrogen and oxygen atoms in total. The number of benzene rings is 1. The average molecular weight is 426 g/mol. The van der Waals surface area contributed by atoms with Crippen molar-refractivity contribution in [2.75, 3.05) is 7.05 Å². The van der Waals surface area contributed by atoms with Crippen molar-refractivity contribution in [3.8, 4) is 11.3 Å². The van der Waals surface area contributed by atoms with E-state index in [1.807, 2.05) is 31.2 Å². The van der Waals surface area contributed by atoms with Gasteiger partial charge in [0.15, 0.2) is 4.34 Å². The Morgan fingerprint density at radius 3 is 2.46 bits per heavy atom. The predicted molar refractivity (Wildman–Crippen MR) is 105 cm³/mol. The van der Waals surface area contributed by atoms with Crippen LogP contribution in [0.5, 0.6) is 0 Å². The van der Waals surface area contributed by atoms with Crippen LogP contribution in [0.3, 0.4) is 0 Å². The zero-order valence-corrected chi connectivity index (χ0v) is 17.0. The second-order valence-corrected chi connectivity index (χ2v) is 9.98. The molecule has 2 unspecified atom stereocenters. The molecule has 0 fully saturated rings. The lowest BCUT2D eigenvalue weighted by molar-refractivity contribution is -0.137. The maximum absolute atomic E-state index is 13.6. The Balaban J connectivity index is 2.00. The van der Waals surface area contributed by atoms with Crippen LogP contribution in [-0.2, 0) is 15.9 Å². The Morgan fingerprint density at radius 2 is 1.86 bits per heavy atom. The normalized spacial score (nSPS) is 15.1. The number of hydrogen-bond donors (Lipinski definition) is 0. The van der Waals surface area contributed by atoms with E-state index in [1.54, 1.807) is 12.3 Å². The first-order chi connectivity index (χ1) is 13.1. The quantitative estimate of drug-likeness (QED) is 0.535. The third-order valence-corrected chi connectivity index (χ3v) is 8.39. The fraction of sp³-hybridized carbons (Fsp3) is 0.263. The Kier molecular flexibility index (Phi) is 5.58. The van der Waals surface area contributed by atoms with Crippen molar-refractivity contribution in [1.82, 2.24) is 9.97 Å². The van der Waals surface area contributed by atoms with E-state index in [-0.39, 0.29) is 9.90 Å². The maximum Gasteiger partial charge on any atom is 0.417 e. The number of pyridine rings is 1. The summed E-state index contributed by atoms with van der Waals surface area (Å²) in [4.78, 5) is 8.15. The number of nitrogens with zero attached hydrogens (tertiary/aromatic N) is 3. The molecule has 0 bridgehead atoms. The van der Waals surface area contributed by atoms with Crippen LogP contribution in [0.25, 0.3) is 11.3 Å². The first-order valence-corrected chi connectivity index (χ1v) is 10.8. The largest absolute Gasteiger partial charge is 0.417 e. The van der Waals surface area contributed by atoms with E-state index in [2.05, 4.69) is 14.3 Å². The molecule has 2 heterocycles. The number of rotatable bonds is 4. The molecule has 9 heteroatoms. The zero-order chi connectivity index (χ0) is 20.5. The highest BCUT2D eigenvalue weighted by Gasteiger charge is 2.33. The molecule has 3 aromatic rings. The highest BCUT2D eigenvalue weighted by molar-refractivity contribution is 7.95. The Bertz CT molecular complexity index is 1100. The molecule has 2 atom stereocenters. The summed E-state index contributed by atoms with van der Waals surface area (Å²) in [5.74, 6) is 0. The van der Waals surface area contributed by atoms with Crippen molar-refractivity contribution >= 4 is 21.1 Å². The molecule has 148 valence electrons. The van der Waals surface area contributed by atoms with Gasteiger partial charge in [0, 0.05) is 30.4 Å². The number of aromatic nitrogens is 2. The summed E-state index contributed by atoms with van der Waals surface area (Å²) in [5, 5.41) is 0.978. The molecule has 0 aliphatic rings. The fourth-order valence-corrected chi connectivity index (χ4v) is 6.06. The average Bonchev–Trinajstić information content (AvgIpc) is 3.17. The van der Waals surface area contributed by atoms with Crippen molar-refractivity contribution in [1.29, 1.82) is 0 Å². The summed E-state index contributed by atoms with van der Waals surface area (Å²) >= 11 is 1.19. The van der Waals surface area contributed by atoms with Crippen LogP contribution >= 0.6 is 11.3 Å². The zero-order valence-electron chi connectivity index (χ0n) is 15.4. The summed E-state index contributed by atoms with van der Waals surface area (Å²) in [6, 6.07) is 8.70. The predicted octanol–water partition coefficient (Wildman–Crippen LogP) is 5.75. The van der Waals surface area contributed by atoms with Gasteiger partial charge in [-0.1, -0.05) is 29.8 Å². The van der Waals surface area contributed by atoms with Gasteiger partial charge in [-0.15, -0.1) is 11.3 Å². The van der Waals surface area contributed by atoms with Gasteiger partial charge >= 0.3 is 6.18 Å². The molecule has 0 amide bonds. The second kappa shape index (κ2) is 7.63. The number of aryl methyl sites for hydroxylation is 1. The molecular weight excluding hydrogens is 407 g/mol. The van der Waals surface area contributed by atoms with E-state index in [4.69, 9.17) is 0 Å². The number of hydrogen-bond acceptors (Lipinski definition) is 5. The van der Waals surface area contributed by atoms with Crippen LogP contribution in [0.1, 0.15) is 28.9 Å². The minimum absolute atomic E-state index is 0.206. The van der Waals surface area contributed by atoms with Crippen LogP contribution in [-0.4, -0.2) is 21.2 Å². The van der Waals surface area contributed by atoms with E-state index >= 15 is 0 Å². The van der Waals surface area contributed by atoms with Crippen molar-refractivity contribution in [3.63, 3.8) is 0 Å². The first kappa shape index (κ1) is 20.5. The lowest BCUT2D eigenvalue weighted by Crippen LogP contribution is -2.13. The summed E-state index contributed by atoms with van der Waals surface area (Å²) in [5.41, 5.74) is 1.97. The fourth-order valence-electron chi connectivity index (χ4n) is 2.66. The third-order valence-electron chi connectivity index (χ3n) is 4.39. The molecule has 0 radical (unpaired) electrons. The number of alkyl halides is 3. The van der Waals surface area contributed by atoms with Crippen LogP contribution in [0.4, 0.5) is 13.2 Å². The molecule has 2 aromatic heterocycles. The second-order valence-electron chi connectivity index (χ2n) is 6.26. The molecule has 0 aliphatic carbocycles. The van der Waals surface area contributed by atoms with Crippen molar-refractivity contribution < 1.29 is 17.4 Å². The molecule has 0 saturated carbocycles. The molecule has 0 aliphatic heterocycles. The van der Waals surface area contributed by atoms with Gasteiger partial charge in [-0.25, -0.2) is 13.6 Å². The van der Waals surface area contributed by atoms with Gasteiger partial charge < -0.3 is 0 Å². The topological polar surface area (TPSA) is 55.2 Å². The highest BCUT2D eigenvalue weighted by atomic mass is 32.2. The van der Waals surface area contributed by atoms with Gasteiger partial charge in [0.1, 0.15) is 9.73 Å². The Morgan fingerprint density at radius 1 is 1.18 bits per heavy atom. The lowest BCUT2D eigenvalue weighted by atomic mass is 10.1. The number of thiazole rings is 1. The van der Waals surface area contributed by atoms with Crippen molar-refractivity contribution in [2.45, 2.75) is 29.6 Å². The van der Waals surface area contributed by atoms with E-state index in [0.717, 1.165) is 23.4 Å². The molecule has 0 N–H and O–H groups in total. The van der Waals surface area contributed by atoms with E-state index in [9.17, 15) is 17.4 Å². The minimum atomic E-state index is -4.52. The van der Waals surface area contributed by atoms with Gasteiger partial charge in [0.2, 0.25) is 0 Å². The minimum Gasteiger partial charge on any atom is -0.264 e. The standard InChI is InChI=1S/C19H18F3N3OS2/c1-12-4-6-14(7-5-12)17-11-27-18(25-17)28(26,23-3)13(2)15-8-16(10-24-9-15)19(20,21)22/h4-11,13H,1-3H3. The SMILES string of the molecule is CN=S(=O)(c1nc(-c2ccc(C)cc2)cs1)C(C)c1cncc(C(F)(F)F)c1. The summed E-state index contributed by atoms with van der Waals surface area (Å²) in [7, 11) is -1.67.